The molecule has 3 atom stereocenters. The molecule has 7 heteroatoms. The summed E-state index contributed by atoms with van der Waals surface area (Å²) in [6.45, 7) is 2.28. The summed E-state index contributed by atoms with van der Waals surface area (Å²) in [7, 11) is 5.65. The number of hydrogen-bond donors (Lipinski definition) is 3. The van der Waals surface area contributed by atoms with Gasteiger partial charge in [0.2, 0.25) is 5.91 Å². The van der Waals surface area contributed by atoms with Crippen LogP contribution in [0.5, 0.6) is 5.75 Å². The van der Waals surface area contributed by atoms with Crippen molar-refractivity contribution in [2.24, 2.45) is 5.92 Å². The Kier molecular flexibility index (Phi) is 6.49. The first-order valence-electron chi connectivity index (χ1n) is 9.90. The zero-order chi connectivity index (χ0) is 21.0. The Morgan fingerprint density at radius 3 is 2.59 bits per heavy atom. The fourth-order valence-corrected chi connectivity index (χ4v) is 3.95. The Morgan fingerprint density at radius 1 is 1.21 bits per heavy atom. The van der Waals surface area contributed by atoms with Gasteiger partial charge < -0.3 is 20.6 Å². The van der Waals surface area contributed by atoms with E-state index in [1.165, 1.54) is 6.08 Å². The Hall–Kier alpha value is -2.93. The number of amides is 1. The summed E-state index contributed by atoms with van der Waals surface area (Å²) in [4.78, 5) is 13.5. The molecule has 0 spiro atoms. The summed E-state index contributed by atoms with van der Waals surface area (Å²) in [5.74, 6) is 1.31. The summed E-state index contributed by atoms with van der Waals surface area (Å²) in [5.41, 5.74) is 1.94. The van der Waals surface area contributed by atoms with E-state index in [4.69, 9.17) is 0 Å². The molecule has 1 fully saturated rings. The van der Waals surface area contributed by atoms with Crippen molar-refractivity contribution in [2.75, 3.05) is 26.0 Å². The molecule has 0 saturated heterocycles. The van der Waals surface area contributed by atoms with E-state index >= 15 is 0 Å². The van der Waals surface area contributed by atoms with Crippen LogP contribution in [0.25, 0.3) is 17.3 Å². The molecule has 7 nitrogen and oxygen atoms in total. The highest BCUT2D eigenvalue weighted by Crippen LogP contribution is 2.33. The second-order valence-corrected chi connectivity index (χ2v) is 7.61. The van der Waals surface area contributed by atoms with Crippen molar-refractivity contribution < 1.29 is 9.90 Å². The normalized spacial score (nSPS) is 21.4. The minimum absolute atomic E-state index is 0.0979. The van der Waals surface area contributed by atoms with E-state index in [-0.39, 0.29) is 11.7 Å². The molecule has 1 saturated carbocycles. The Labute approximate surface area is 171 Å². The lowest BCUT2D eigenvalue weighted by Gasteiger charge is -2.28. The SMILES string of the molecule is CNC(=O)/C=C/c1ccc(-c2ccc(N(C)[C@H]3C[C@H](NC)C[C@@H]3C)nn2)c(O)c1. The van der Waals surface area contributed by atoms with Crippen LogP contribution in [-0.2, 0) is 4.79 Å². The number of likely N-dealkylation sites (N-methyl/N-ethyl adjacent to an activating group) is 1. The van der Waals surface area contributed by atoms with E-state index in [1.54, 1.807) is 25.3 Å². The molecular formula is C22H29N5O2. The Balaban J connectivity index is 1.75. The van der Waals surface area contributed by atoms with Gasteiger partial charge in [-0.25, -0.2) is 0 Å². The first-order chi connectivity index (χ1) is 13.9. The van der Waals surface area contributed by atoms with Gasteiger partial charge in [0, 0.05) is 37.8 Å². The van der Waals surface area contributed by atoms with E-state index in [9.17, 15) is 9.90 Å². The zero-order valence-corrected chi connectivity index (χ0v) is 17.4. The van der Waals surface area contributed by atoms with Crippen molar-refractivity contribution in [2.45, 2.75) is 31.8 Å². The van der Waals surface area contributed by atoms with E-state index in [2.05, 4.69) is 39.7 Å². The Bertz CT molecular complexity index is 881. The third kappa shape index (κ3) is 4.74. The predicted molar refractivity (Wildman–Crippen MR) is 116 cm³/mol. The van der Waals surface area contributed by atoms with Gasteiger partial charge in [-0.2, -0.15) is 0 Å². The van der Waals surface area contributed by atoms with Crippen molar-refractivity contribution >= 4 is 17.8 Å². The van der Waals surface area contributed by atoms with Crippen LogP contribution in [0.1, 0.15) is 25.3 Å². The van der Waals surface area contributed by atoms with Gasteiger partial charge in [-0.05, 0) is 61.7 Å². The maximum Gasteiger partial charge on any atom is 0.243 e. The summed E-state index contributed by atoms with van der Waals surface area (Å²) < 4.78 is 0. The van der Waals surface area contributed by atoms with Gasteiger partial charge in [-0.1, -0.05) is 13.0 Å². The molecule has 0 bridgehead atoms. The molecule has 0 unspecified atom stereocenters. The van der Waals surface area contributed by atoms with Gasteiger partial charge in [-0.3, -0.25) is 4.79 Å². The number of benzene rings is 1. The summed E-state index contributed by atoms with van der Waals surface area (Å²) in [5, 5.41) is 25.0. The number of nitrogens with zero attached hydrogens (tertiary/aromatic N) is 3. The molecule has 1 aromatic heterocycles. The molecule has 3 N–H and O–H groups in total. The molecule has 29 heavy (non-hydrogen) atoms. The lowest BCUT2D eigenvalue weighted by Crippen LogP contribution is -2.35. The average molecular weight is 396 g/mol. The summed E-state index contributed by atoms with van der Waals surface area (Å²) in [6.07, 6.45) is 5.31. The topological polar surface area (TPSA) is 90.4 Å². The molecule has 1 aliphatic rings. The quantitative estimate of drug-likeness (QED) is 0.651. The second-order valence-electron chi connectivity index (χ2n) is 7.61. The molecule has 0 aliphatic heterocycles. The van der Waals surface area contributed by atoms with Crippen LogP contribution in [-0.4, -0.2) is 54.4 Å². The van der Waals surface area contributed by atoms with Gasteiger partial charge in [0.05, 0.1) is 5.69 Å². The average Bonchev–Trinajstić information content (AvgIpc) is 3.12. The minimum Gasteiger partial charge on any atom is -0.507 e. The number of aromatic nitrogens is 2. The largest absolute Gasteiger partial charge is 0.507 e. The van der Waals surface area contributed by atoms with E-state index < -0.39 is 0 Å². The number of carbonyl (C=O) groups excluding carboxylic acids is 1. The highest BCUT2D eigenvalue weighted by molar-refractivity contribution is 5.91. The molecular weight excluding hydrogens is 366 g/mol. The third-order valence-corrected chi connectivity index (χ3v) is 5.73. The van der Waals surface area contributed by atoms with Crippen LogP contribution in [0.15, 0.2) is 36.4 Å². The van der Waals surface area contributed by atoms with Gasteiger partial charge in [0.25, 0.3) is 0 Å². The van der Waals surface area contributed by atoms with Crippen LogP contribution >= 0.6 is 0 Å². The standard InChI is InChI=1S/C22H29N5O2/c1-14-11-16(23-2)13-19(14)27(4)21-9-8-18(25-26-21)17-7-5-15(12-20(17)28)6-10-22(29)24-3/h5-10,12,14,16,19,23,28H,11,13H2,1-4H3,(H,24,29)/b10-6+/t14-,16+,19-/m0/s1. The van der Waals surface area contributed by atoms with E-state index in [0.29, 0.717) is 29.3 Å². The predicted octanol–water partition coefficient (Wildman–Crippen LogP) is 2.43. The maximum atomic E-state index is 11.3. The van der Waals surface area contributed by atoms with Crippen LogP contribution in [0.4, 0.5) is 5.82 Å². The molecule has 1 aromatic carbocycles. The number of anilines is 1. The number of hydrogen-bond acceptors (Lipinski definition) is 6. The number of carbonyl (C=O) groups is 1. The molecule has 3 rings (SSSR count). The number of rotatable bonds is 6. The molecule has 1 aliphatic carbocycles. The maximum absolute atomic E-state index is 11.3. The lowest BCUT2D eigenvalue weighted by molar-refractivity contribution is -0.115. The number of phenols is 1. The Morgan fingerprint density at radius 2 is 2.00 bits per heavy atom. The van der Waals surface area contributed by atoms with Gasteiger partial charge >= 0.3 is 0 Å². The van der Waals surface area contributed by atoms with Crippen LogP contribution < -0.4 is 15.5 Å². The monoisotopic (exact) mass is 395 g/mol. The molecule has 1 amide bonds. The van der Waals surface area contributed by atoms with Gasteiger partial charge in [0.15, 0.2) is 5.82 Å². The number of aromatic hydroxyl groups is 1. The van der Waals surface area contributed by atoms with Crippen molar-refractivity contribution in [3.63, 3.8) is 0 Å². The summed E-state index contributed by atoms with van der Waals surface area (Å²) >= 11 is 0. The number of phenolic OH excluding ortho intramolecular Hbond substituents is 1. The van der Waals surface area contributed by atoms with Crippen molar-refractivity contribution in [1.29, 1.82) is 0 Å². The van der Waals surface area contributed by atoms with E-state index in [0.717, 1.165) is 24.2 Å². The van der Waals surface area contributed by atoms with Gasteiger partial charge in [-0.15, -0.1) is 10.2 Å². The highest BCUT2D eigenvalue weighted by Gasteiger charge is 2.33. The van der Waals surface area contributed by atoms with Crippen molar-refractivity contribution in [1.82, 2.24) is 20.8 Å². The molecule has 0 radical (unpaired) electrons. The molecule has 2 aromatic rings. The van der Waals surface area contributed by atoms with Crippen LogP contribution in [0.2, 0.25) is 0 Å². The lowest BCUT2D eigenvalue weighted by atomic mass is 10.0. The smallest absolute Gasteiger partial charge is 0.243 e. The molecule has 154 valence electrons. The van der Waals surface area contributed by atoms with Crippen LogP contribution in [0.3, 0.4) is 0 Å². The van der Waals surface area contributed by atoms with Gasteiger partial charge in [0.1, 0.15) is 5.75 Å². The van der Waals surface area contributed by atoms with Crippen LogP contribution in [0, 0.1) is 5.92 Å². The number of nitrogens with one attached hydrogen (secondary N) is 2. The van der Waals surface area contributed by atoms with Crippen molar-refractivity contribution in [3.05, 3.63) is 42.0 Å². The second kappa shape index (κ2) is 9.05. The fraction of sp³-hybridized carbons (Fsp3) is 0.409. The highest BCUT2D eigenvalue weighted by atomic mass is 16.3. The zero-order valence-electron chi connectivity index (χ0n) is 17.4. The molecule has 1 heterocycles. The minimum atomic E-state index is -0.197. The fourth-order valence-electron chi connectivity index (χ4n) is 3.95. The third-order valence-electron chi connectivity index (χ3n) is 5.73. The first kappa shape index (κ1) is 20.8. The first-order valence-corrected chi connectivity index (χ1v) is 9.90. The van der Waals surface area contributed by atoms with Crippen molar-refractivity contribution in [3.8, 4) is 17.0 Å². The summed E-state index contributed by atoms with van der Waals surface area (Å²) in [6, 6.07) is 10.0. The van der Waals surface area contributed by atoms with E-state index in [1.807, 2.05) is 25.2 Å².